The Labute approximate surface area is 281 Å². The molecule has 0 saturated heterocycles. The first-order valence-electron chi connectivity index (χ1n) is 16.3. The third-order valence-corrected chi connectivity index (χ3v) is 8.29. The largest absolute Gasteiger partial charge is 0.481 e. The lowest BCUT2D eigenvalue weighted by atomic mass is 9.85. The zero-order valence-corrected chi connectivity index (χ0v) is 29.6. The van der Waals surface area contributed by atoms with Crippen LogP contribution < -0.4 is 4.57 Å². The molecule has 3 aromatic rings. The molecule has 7 nitrogen and oxygen atoms in total. The summed E-state index contributed by atoms with van der Waals surface area (Å²) in [6.45, 7) is 12.4. The Hall–Kier alpha value is -3.22. The van der Waals surface area contributed by atoms with E-state index in [2.05, 4.69) is 114 Å². The standard InChI is InChI=1S/C21H31N2.C9H13N.C6H11BrO2.CO2.H2/c1-4-6-7-14-23-15-10-20(11-16-23)18(3)17-19(5-2)21-8-12-22-13-9-21;1-3-8(2)9-4-6-10-7-5-9;7-5-3-1-2-4-6(8)9;2-1-3;/h8-13,15-16,18-19H,4-7,14,17H2,1-3H3;4-8H,3H2,1-2H3;1-5H2,(H,8,9);;1H/q+1;;;;/i;;;;1+1. The van der Waals surface area contributed by atoms with Gasteiger partial charge in [-0.2, -0.15) is 9.59 Å². The minimum atomic E-state index is -0.690. The van der Waals surface area contributed by atoms with Crippen LogP contribution in [0.1, 0.15) is 135 Å². The van der Waals surface area contributed by atoms with E-state index < -0.39 is 5.97 Å². The molecule has 0 bridgehead atoms. The highest BCUT2D eigenvalue weighted by atomic mass is 79.9. The molecule has 45 heavy (non-hydrogen) atoms. The zero-order valence-electron chi connectivity index (χ0n) is 28.0. The number of carboxylic acids is 1. The van der Waals surface area contributed by atoms with Crippen LogP contribution in [0.5, 0.6) is 0 Å². The molecule has 0 amide bonds. The summed E-state index contributed by atoms with van der Waals surface area (Å²) in [5.74, 6) is 1.18. The molecular weight excluding hydrogens is 630 g/mol. The van der Waals surface area contributed by atoms with Crippen molar-refractivity contribution in [2.24, 2.45) is 0 Å². The fraction of sp³-hybridized carbons (Fsp3) is 0.541. The number of aryl methyl sites for hydroxylation is 1. The maximum absolute atomic E-state index is 9.95. The van der Waals surface area contributed by atoms with E-state index in [1.807, 2.05) is 24.8 Å². The lowest BCUT2D eigenvalue weighted by molar-refractivity contribution is -0.697. The molecule has 3 atom stereocenters. The normalized spacial score (nSPS) is 12.0. The quantitative estimate of drug-likeness (QED) is 0.0914. The Kier molecular flexibility index (Phi) is 26.2. The highest BCUT2D eigenvalue weighted by Gasteiger charge is 2.16. The van der Waals surface area contributed by atoms with Crippen molar-refractivity contribution in [3.63, 3.8) is 0 Å². The van der Waals surface area contributed by atoms with Gasteiger partial charge in [-0.1, -0.05) is 63.4 Å². The molecular formula is C37H57BrN3O4+. The molecule has 3 heterocycles. The van der Waals surface area contributed by atoms with Gasteiger partial charge in [-0.25, -0.2) is 4.57 Å². The summed E-state index contributed by atoms with van der Waals surface area (Å²) in [5.41, 5.74) is 4.25. The summed E-state index contributed by atoms with van der Waals surface area (Å²) >= 11 is 3.27. The van der Waals surface area contributed by atoms with E-state index in [-0.39, 0.29) is 7.58 Å². The molecule has 0 radical (unpaired) electrons. The predicted molar refractivity (Wildman–Crippen MR) is 186 cm³/mol. The van der Waals surface area contributed by atoms with E-state index >= 15 is 0 Å². The molecule has 0 aliphatic rings. The molecule has 0 aliphatic carbocycles. The van der Waals surface area contributed by atoms with Crippen LogP contribution in [0.2, 0.25) is 0 Å². The van der Waals surface area contributed by atoms with Crippen LogP contribution >= 0.6 is 15.9 Å². The number of rotatable bonds is 16. The molecule has 250 valence electrons. The average molecular weight is 689 g/mol. The number of aliphatic carboxylic acids is 1. The van der Waals surface area contributed by atoms with Crippen molar-refractivity contribution in [2.75, 3.05) is 5.33 Å². The van der Waals surface area contributed by atoms with Crippen molar-refractivity contribution >= 4 is 28.1 Å². The van der Waals surface area contributed by atoms with E-state index in [9.17, 15) is 4.79 Å². The van der Waals surface area contributed by atoms with Gasteiger partial charge in [0.2, 0.25) is 0 Å². The van der Waals surface area contributed by atoms with Crippen molar-refractivity contribution in [1.82, 2.24) is 9.97 Å². The fourth-order valence-electron chi connectivity index (χ4n) is 4.70. The second kappa shape index (κ2) is 28.3. The average Bonchev–Trinajstić information content (AvgIpc) is 3.07. The van der Waals surface area contributed by atoms with Crippen molar-refractivity contribution in [3.8, 4) is 0 Å². The van der Waals surface area contributed by atoms with Gasteiger partial charge in [0.1, 0.15) is 6.54 Å². The van der Waals surface area contributed by atoms with E-state index in [1.165, 1.54) is 55.2 Å². The molecule has 1 N–H and O–H groups in total. The summed E-state index contributed by atoms with van der Waals surface area (Å²) in [6, 6.07) is 13.1. The molecule has 0 fully saturated rings. The lowest BCUT2D eigenvalue weighted by Gasteiger charge is -2.20. The number of carboxylic acid groups (broad SMARTS) is 1. The second-order valence-electron chi connectivity index (χ2n) is 11.2. The SMILES string of the molecule is CCC(C)c1ccncc1.CCCCC[n+]1ccc(C(C)CC(CC)c2ccncc2)cc1.O=C(O)CCCCCBr.O=C=O.[2HH]. The Bertz CT molecular complexity index is 1150. The molecule has 0 aromatic carbocycles. The van der Waals surface area contributed by atoms with Crippen molar-refractivity contribution in [2.45, 2.75) is 123 Å². The number of carbonyl (C=O) groups excluding carboxylic acids is 2. The van der Waals surface area contributed by atoms with Crippen molar-refractivity contribution < 1.29 is 25.5 Å². The number of aromatic nitrogens is 3. The van der Waals surface area contributed by atoms with Crippen LogP contribution in [0.25, 0.3) is 0 Å². The summed E-state index contributed by atoms with van der Waals surface area (Å²) < 4.78 is 2.31. The van der Waals surface area contributed by atoms with Crippen LogP contribution in [-0.2, 0) is 20.9 Å². The van der Waals surface area contributed by atoms with Gasteiger partial charge >= 0.3 is 12.1 Å². The van der Waals surface area contributed by atoms with Crippen LogP contribution in [0.15, 0.2) is 73.6 Å². The van der Waals surface area contributed by atoms with Crippen molar-refractivity contribution in [1.29, 1.82) is 0 Å². The van der Waals surface area contributed by atoms with Crippen LogP contribution in [0, 0.1) is 0 Å². The number of alkyl halides is 1. The number of hydrogen-bond acceptors (Lipinski definition) is 5. The number of hydrogen-bond donors (Lipinski definition) is 1. The predicted octanol–water partition coefficient (Wildman–Crippen LogP) is 9.53. The minimum Gasteiger partial charge on any atom is -0.481 e. The third-order valence-electron chi connectivity index (χ3n) is 7.73. The van der Waals surface area contributed by atoms with Gasteiger partial charge in [-0.05, 0) is 97.2 Å². The van der Waals surface area contributed by atoms with Gasteiger partial charge in [-0.3, -0.25) is 14.8 Å². The Balaban J connectivity index is 0. The third kappa shape index (κ3) is 21.2. The molecule has 0 spiro atoms. The highest BCUT2D eigenvalue weighted by molar-refractivity contribution is 9.09. The second-order valence-corrected chi connectivity index (χ2v) is 12.0. The monoisotopic (exact) mass is 687 g/mol. The maximum atomic E-state index is 9.95. The molecule has 0 aliphatic heterocycles. The molecule has 3 rings (SSSR count). The molecule has 0 saturated carbocycles. The highest BCUT2D eigenvalue weighted by Crippen LogP contribution is 2.31. The molecule has 3 aromatic heterocycles. The van der Waals surface area contributed by atoms with Gasteiger partial charge in [0, 0.05) is 56.5 Å². The van der Waals surface area contributed by atoms with Crippen LogP contribution in [-0.4, -0.2) is 32.5 Å². The maximum Gasteiger partial charge on any atom is 0.373 e. The summed E-state index contributed by atoms with van der Waals surface area (Å²) in [7, 11) is 0. The number of carbonyl (C=O) groups is 1. The van der Waals surface area contributed by atoms with E-state index in [1.54, 1.807) is 0 Å². The number of unbranched alkanes of at least 4 members (excludes halogenated alkanes) is 4. The topological polar surface area (TPSA) is 101 Å². The van der Waals surface area contributed by atoms with Gasteiger partial charge in [0.05, 0.1) is 0 Å². The summed E-state index contributed by atoms with van der Waals surface area (Å²) in [5, 5.41) is 9.18. The first-order valence-corrected chi connectivity index (χ1v) is 17.5. The fourth-order valence-corrected chi connectivity index (χ4v) is 5.10. The first kappa shape index (κ1) is 41.8. The Morgan fingerprint density at radius 2 is 1.33 bits per heavy atom. The van der Waals surface area contributed by atoms with Crippen LogP contribution in [0.3, 0.4) is 0 Å². The van der Waals surface area contributed by atoms with Gasteiger partial charge < -0.3 is 5.11 Å². The number of nitrogens with zero attached hydrogens (tertiary/aromatic N) is 3. The minimum absolute atomic E-state index is 0. The van der Waals surface area contributed by atoms with Gasteiger partial charge in [-0.15, -0.1) is 0 Å². The van der Waals surface area contributed by atoms with Gasteiger partial charge in [0.15, 0.2) is 12.4 Å². The first-order chi connectivity index (χ1) is 21.8. The van der Waals surface area contributed by atoms with Crippen molar-refractivity contribution in [3.05, 3.63) is 90.3 Å². The molecule has 3 unspecified atom stereocenters. The molecule has 8 heteroatoms. The summed E-state index contributed by atoms with van der Waals surface area (Å²) in [6.07, 6.45) is 22.9. The summed E-state index contributed by atoms with van der Waals surface area (Å²) in [4.78, 5) is 34.3. The van der Waals surface area contributed by atoms with E-state index in [4.69, 9.17) is 14.7 Å². The Morgan fingerprint density at radius 3 is 1.80 bits per heavy atom. The van der Waals surface area contributed by atoms with Gasteiger partial charge in [0.25, 0.3) is 0 Å². The number of halogens is 1. The van der Waals surface area contributed by atoms with E-state index in [0.29, 0.717) is 24.2 Å². The lowest BCUT2D eigenvalue weighted by Crippen LogP contribution is -2.32. The zero-order chi connectivity index (χ0) is 33.7. The van der Waals surface area contributed by atoms with Crippen LogP contribution in [0.4, 0.5) is 0 Å². The number of pyridine rings is 3. The Morgan fingerprint density at radius 1 is 0.800 bits per heavy atom. The smallest absolute Gasteiger partial charge is 0.373 e. The van der Waals surface area contributed by atoms with E-state index in [0.717, 1.165) is 31.1 Å².